The lowest BCUT2D eigenvalue weighted by atomic mass is 10.1. The fraction of sp³-hybridized carbons (Fsp3) is 0.0400. The van der Waals surface area contributed by atoms with E-state index in [-0.39, 0.29) is 0 Å². The standard InChI is InChI=1S/C25H20N4O4/c30-23(31)17-33-21-13-11-18(12-14-21)15-26-27-25(32)22-16-29(20-9-5-2-6-10-20)28-24(22)19-7-3-1-4-8-19/h1-16H,17H2,(H,27,32)(H,30,31)/p-1/b26-15-. The number of hydrogen-bond donors (Lipinski definition) is 1. The highest BCUT2D eigenvalue weighted by Crippen LogP contribution is 2.23. The molecule has 4 aromatic rings. The van der Waals surface area contributed by atoms with Crippen LogP contribution in [0.2, 0.25) is 0 Å². The Morgan fingerprint density at radius 3 is 2.30 bits per heavy atom. The van der Waals surface area contributed by atoms with Crippen molar-refractivity contribution in [3.8, 4) is 22.7 Å². The molecule has 164 valence electrons. The van der Waals surface area contributed by atoms with Crippen molar-refractivity contribution in [1.29, 1.82) is 0 Å². The number of aromatic nitrogens is 2. The summed E-state index contributed by atoms with van der Waals surface area (Å²) in [6, 6.07) is 25.5. The minimum absolute atomic E-state index is 0.383. The van der Waals surface area contributed by atoms with Gasteiger partial charge in [-0.15, -0.1) is 0 Å². The molecule has 33 heavy (non-hydrogen) atoms. The third kappa shape index (κ3) is 5.50. The number of amides is 1. The topological polar surface area (TPSA) is 109 Å². The van der Waals surface area contributed by atoms with E-state index in [0.29, 0.717) is 22.6 Å². The maximum atomic E-state index is 12.9. The second-order valence-electron chi connectivity index (χ2n) is 6.97. The van der Waals surface area contributed by atoms with E-state index < -0.39 is 18.5 Å². The first-order valence-corrected chi connectivity index (χ1v) is 10.1. The Labute approximate surface area is 189 Å². The Morgan fingerprint density at radius 1 is 0.970 bits per heavy atom. The van der Waals surface area contributed by atoms with E-state index in [1.807, 2.05) is 60.7 Å². The fourth-order valence-electron chi connectivity index (χ4n) is 3.08. The zero-order chi connectivity index (χ0) is 23.0. The third-order valence-corrected chi connectivity index (χ3v) is 4.64. The predicted octanol–water partition coefficient (Wildman–Crippen LogP) is 2.43. The van der Waals surface area contributed by atoms with Crippen molar-refractivity contribution in [2.24, 2.45) is 5.10 Å². The molecule has 0 fully saturated rings. The average molecular weight is 439 g/mol. The van der Waals surface area contributed by atoms with Crippen LogP contribution in [0.5, 0.6) is 5.75 Å². The lowest BCUT2D eigenvalue weighted by Crippen LogP contribution is -2.28. The fourth-order valence-corrected chi connectivity index (χ4v) is 3.08. The van der Waals surface area contributed by atoms with E-state index in [9.17, 15) is 14.7 Å². The number of carboxylic acid groups (broad SMARTS) is 1. The SMILES string of the molecule is O=C([O-])COc1ccc(/C=N\NC(=O)c2cn(-c3ccccc3)nc2-c2ccccc2)cc1. The molecule has 0 radical (unpaired) electrons. The quantitative estimate of drug-likeness (QED) is 0.335. The molecule has 0 saturated carbocycles. The molecule has 1 aromatic heterocycles. The van der Waals surface area contributed by atoms with E-state index in [1.165, 1.54) is 6.21 Å². The van der Waals surface area contributed by atoms with Crippen molar-refractivity contribution in [3.05, 3.63) is 102 Å². The Morgan fingerprint density at radius 2 is 1.64 bits per heavy atom. The minimum Gasteiger partial charge on any atom is -0.546 e. The summed E-state index contributed by atoms with van der Waals surface area (Å²) in [5.74, 6) is -1.31. The minimum atomic E-state index is -1.30. The number of hydrazone groups is 1. The van der Waals surface area contributed by atoms with E-state index >= 15 is 0 Å². The first-order chi connectivity index (χ1) is 16.1. The van der Waals surface area contributed by atoms with Gasteiger partial charge in [0.05, 0.1) is 23.4 Å². The molecule has 8 nitrogen and oxygen atoms in total. The van der Waals surface area contributed by atoms with E-state index in [1.54, 1.807) is 35.1 Å². The summed E-state index contributed by atoms with van der Waals surface area (Å²) < 4.78 is 6.69. The van der Waals surface area contributed by atoms with E-state index in [0.717, 1.165) is 11.3 Å². The normalized spacial score (nSPS) is 10.8. The molecule has 1 heterocycles. The molecule has 3 aromatic carbocycles. The number of aliphatic carboxylic acids is 1. The maximum Gasteiger partial charge on any atom is 0.275 e. The van der Waals surface area contributed by atoms with Crippen molar-refractivity contribution >= 4 is 18.1 Å². The van der Waals surface area contributed by atoms with Crippen LogP contribution < -0.4 is 15.3 Å². The molecule has 4 rings (SSSR count). The predicted molar refractivity (Wildman–Crippen MR) is 121 cm³/mol. The number of carbonyl (C=O) groups excluding carboxylic acids is 2. The van der Waals surface area contributed by atoms with Gasteiger partial charge in [0, 0.05) is 11.8 Å². The summed E-state index contributed by atoms with van der Waals surface area (Å²) in [7, 11) is 0. The molecule has 1 N–H and O–H groups in total. The second-order valence-corrected chi connectivity index (χ2v) is 6.97. The van der Waals surface area contributed by atoms with Gasteiger partial charge in [-0.1, -0.05) is 48.5 Å². The summed E-state index contributed by atoms with van der Waals surface area (Å²) in [5.41, 5.74) is 5.80. The van der Waals surface area contributed by atoms with Gasteiger partial charge in [0.25, 0.3) is 5.91 Å². The molecule has 8 heteroatoms. The van der Waals surface area contributed by atoms with Gasteiger partial charge in [0.15, 0.2) is 0 Å². The lowest BCUT2D eigenvalue weighted by molar-refractivity contribution is -0.307. The van der Waals surface area contributed by atoms with Crippen LogP contribution in [0.25, 0.3) is 16.9 Å². The van der Waals surface area contributed by atoms with Gasteiger partial charge in [-0.25, -0.2) is 10.1 Å². The van der Waals surface area contributed by atoms with Gasteiger partial charge in [-0.3, -0.25) is 4.79 Å². The van der Waals surface area contributed by atoms with Gasteiger partial charge in [0.1, 0.15) is 18.1 Å². The monoisotopic (exact) mass is 439 g/mol. The molecule has 0 bridgehead atoms. The number of carboxylic acids is 1. The molecule has 0 aliphatic rings. The number of nitrogens with zero attached hydrogens (tertiary/aromatic N) is 3. The summed E-state index contributed by atoms with van der Waals surface area (Å²) in [6.45, 7) is -0.524. The van der Waals surface area contributed by atoms with Gasteiger partial charge in [-0.2, -0.15) is 10.2 Å². The highest BCUT2D eigenvalue weighted by atomic mass is 16.5. The van der Waals surface area contributed by atoms with Crippen molar-refractivity contribution in [1.82, 2.24) is 15.2 Å². The highest BCUT2D eigenvalue weighted by Gasteiger charge is 2.18. The summed E-state index contributed by atoms with van der Waals surface area (Å²) in [6.07, 6.45) is 3.15. The number of hydrogen-bond acceptors (Lipinski definition) is 6. The van der Waals surface area contributed by atoms with E-state index in [4.69, 9.17) is 4.74 Å². The third-order valence-electron chi connectivity index (χ3n) is 4.64. The average Bonchev–Trinajstić information content (AvgIpc) is 3.30. The number of benzene rings is 3. The highest BCUT2D eigenvalue weighted by molar-refractivity contribution is 6.00. The molecule has 0 aliphatic carbocycles. The summed E-state index contributed by atoms with van der Waals surface area (Å²) in [5, 5.41) is 19.1. The maximum absolute atomic E-state index is 12.9. The number of ether oxygens (including phenoxy) is 1. The van der Waals surface area contributed by atoms with Gasteiger partial charge in [0.2, 0.25) is 0 Å². The molecule has 0 atom stereocenters. The molecule has 0 aliphatic heterocycles. The number of nitrogens with one attached hydrogen (secondary N) is 1. The van der Waals surface area contributed by atoms with Crippen molar-refractivity contribution < 1.29 is 19.4 Å². The Kier molecular flexibility index (Phi) is 6.56. The van der Waals surface area contributed by atoms with Crippen LogP contribution in [0.15, 0.2) is 96.2 Å². The largest absolute Gasteiger partial charge is 0.546 e. The smallest absolute Gasteiger partial charge is 0.275 e. The molecule has 1 amide bonds. The molecular formula is C25H19N4O4-. The van der Waals surface area contributed by atoms with Gasteiger partial charge in [-0.05, 0) is 42.0 Å². The Bertz CT molecular complexity index is 1270. The number of carbonyl (C=O) groups is 2. The summed E-state index contributed by atoms with van der Waals surface area (Å²) in [4.78, 5) is 23.4. The van der Waals surface area contributed by atoms with Crippen molar-refractivity contribution in [2.45, 2.75) is 0 Å². The van der Waals surface area contributed by atoms with Crippen LogP contribution in [-0.2, 0) is 4.79 Å². The summed E-state index contributed by atoms with van der Waals surface area (Å²) >= 11 is 0. The number of para-hydroxylation sites is 1. The van der Waals surface area contributed by atoms with Gasteiger partial charge >= 0.3 is 0 Å². The van der Waals surface area contributed by atoms with Crippen molar-refractivity contribution in [3.63, 3.8) is 0 Å². The van der Waals surface area contributed by atoms with Crippen LogP contribution >= 0.6 is 0 Å². The van der Waals surface area contributed by atoms with Crippen molar-refractivity contribution in [2.75, 3.05) is 6.61 Å². The van der Waals surface area contributed by atoms with Crippen LogP contribution in [0.3, 0.4) is 0 Å². The van der Waals surface area contributed by atoms with E-state index in [2.05, 4.69) is 15.6 Å². The second kappa shape index (κ2) is 10.1. The van der Waals surface area contributed by atoms with Crippen LogP contribution in [-0.4, -0.2) is 34.5 Å². The van der Waals surface area contributed by atoms with Gasteiger partial charge < -0.3 is 14.6 Å². The number of rotatable bonds is 8. The van der Waals surface area contributed by atoms with Crippen LogP contribution in [0.1, 0.15) is 15.9 Å². The Hall–Kier alpha value is -4.72. The lowest BCUT2D eigenvalue weighted by Gasteiger charge is -2.06. The Balaban J connectivity index is 1.51. The van der Waals surface area contributed by atoms with Crippen LogP contribution in [0.4, 0.5) is 0 Å². The molecule has 0 spiro atoms. The first-order valence-electron chi connectivity index (χ1n) is 10.1. The molecular weight excluding hydrogens is 420 g/mol. The molecule has 0 unspecified atom stereocenters. The van der Waals surface area contributed by atoms with Crippen LogP contribution in [0, 0.1) is 0 Å². The molecule has 0 saturated heterocycles. The zero-order valence-electron chi connectivity index (χ0n) is 17.4. The zero-order valence-corrected chi connectivity index (χ0v) is 17.4. The first kappa shape index (κ1) is 21.5.